The SMILES string of the molecule is C/C=C(\C=C/c1cc2ccccc2n1-c1ccccc1)c1cc(-c2ccc(N(c3ccccc3)c3ccc(-c4ccccc4)cc3)cc2)cc(-c2ccc3c(c2)c2ccccc2n3-c2ccc(-c3ccccc3)cc2)c1. The maximum absolute atomic E-state index is 2.40. The molecule has 0 fully saturated rings. The van der Waals surface area contributed by atoms with Gasteiger partial charge in [0.05, 0.1) is 16.6 Å². The number of fused-ring (bicyclic) bond motifs is 4. The van der Waals surface area contributed by atoms with E-state index in [1.807, 2.05) is 0 Å². The lowest BCUT2D eigenvalue weighted by Crippen LogP contribution is -2.09. The van der Waals surface area contributed by atoms with Crippen LogP contribution in [-0.4, -0.2) is 9.13 Å². The third-order valence-electron chi connectivity index (χ3n) is 14.7. The van der Waals surface area contributed by atoms with Crippen LogP contribution >= 0.6 is 0 Å². The lowest BCUT2D eigenvalue weighted by molar-refractivity contribution is 1.11. The van der Waals surface area contributed by atoms with Crippen molar-refractivity contribution in [1.82, 2.24) is 9.13 Å². The molecule has 3 heteroatoms. The molecule has 0 spiro atoms. The van der Waals surface area contributed by atoms with Crippen LogP contribution in [0.1, 0.15) is 18.2 Å². The summed E-state index contributed by atoms with van der Waals surface area (Å²) in [4.78, 5) is 2.33. The van der Waals surface area contributed by atoms with Crippen LogP contribution in [0.5, 0.6) is 0 Å². The Kier molecular flexibility index (Phi) is 12.2. The number of anilines is 3. The number of rotatable bonds is 12. The van der Waals surface area contributed by atoms with Gasteiger partial charge in [0.25, 0.3) is 0 Å². The first-order valence-electron chi connectivity index (χ1n) is 26.1. The zero-order valence-corrected chi connectivity index (χ0v) is 42.2. The number of allylic oxidation sites excluding steroid dienone is 3. The molecule has 0 aliphatic heterocycles. The van der Waals surface area contributed by atoms with Gasteiger partial charge in [-0.1, -0.05) is 188 Å². The molecule has 0 saturated heterocycles. The number of para-hydroxylation sites is 4. The highest BCUT2D eigenvalue weighted by Crippen LogP contribution is 2.40. The average Bonchev–Trinajstić information content (AvgIpc) is 4.04. The van der Waals surface area contributed by atoms with E-state index < -0.39 is 0 Å². The van der Waals surface area contributed by atoms with E-state index in [1.165, 1.54) is 55.0 Å². The summed E-state index contributed by atoms with van der Waals surface area (Å²) in [6, 6.07) is 103. The predicted molar refractivity (Wildman–Crippen MR) is 323 cm³/mol. The third-order valence-corrected chi connectivity index (χ3v) is 14.7. The van der Waals surface area contributed by atoms with E-state index in [0.717, 1.165) is 67.5 Å². The van der Waals surface area contributed by atoms with E-state index >= 15 is 0 Å². The van der Waals surface area contributed by atoms with Crippen LogP contribution in [-0.2, 0) is 0 Å². The molecule has 0 atom stereocenters. The molecule has 0 aliphatic carbocycles. The van der Waals surface area contributed by atoms with Gasteiger partial charge in [0, 0.05) is 50.3 Å². The number of benzene rings is 11. The summed E-state index contributed by atoms with van der Waals surface area (Å²) < 4.78 is 4.75. The van der Waals surface area contributed by atoms with E-state index in [0.29, 0.717) is 0 Å². The molecular formula is C73H53N3. The third kappa shape index (κ3) is 8.80. The van der Waals surface area contributed by atoms with Gasteiger partial charge in [-0.15, -0.1) is 0 Å². The fourth-order valence-electron chi connectivity index (χ4n) is 11.0. The standard InChI is InChI=1S/C73H53N3/c1-2-52(31-45-68-50-59-23-15-17-29-71(59)75(68)64-26-13-6-14-27-64)60-47-61(57-36-41-66(42-37-57)74(63-24-11-5-12-25-63)65-39-32-55(33-40-65)53-19-7-3-8-20-53)49-62(48-60)58-38-46-73-70(51-58)69-28-16-18-30-72(69)76(73)67-43-34-56(35-44-67)54-21-9-4-10-22-54/h2-51H,1H3/b45-31-,52-2+. The Bertz CT molecular complexity index is 4220. The fourth-order valence-corrected chi connectivity index (χ4v) is 11.0. The van der Waals surface area contributed by atoms with Gasteiger partial charge in [0.2, 0.25) is 0 Å². The minimum absolute atomic E-state index is 1.08. The van der Waals surface area contributed by atoms with Crippen LogP contribution in [0.2, 0.25) is 0 Å². The molecule has 76 heavy (non-hydrogen) atoms. The van der Waals surface area contributed by atoms with Crippen LogP contribution in [0.25, 0.3) is 100 Å². The van der Waals surface area contributed by atoms with Gasteiger partial charge >= 0.3 is 0 Å². The molecule has 13 rings (SSSR count). The second kappa shape index (κ2) is 20.2. The molecule has 0 radical (unpaired) electrons. The summed E-state index contributed by atoms with van der Waals surface area (Å²) >= 11 is 0. The zero-order valence-electron chi connectivity index (χ0n) is 42.2. The van der Waals surface area contributed by atoms with E-state index in [2.05, 4.69) is 324 Å². The number of hydrogen-bond donors (Lipinski definition) is 0. The van der Waals surface area contributed by atoms with Gasteiger partial charge in [-0.25, -0.2) is 0 Å². The van der Waals surface area contributed by atoms with Gasteiger partial charge in [-0.05, 0) is 178 Å². The first kappa shape index (κ1) is 45.9. The summed E-state index contributed by atoms with van der Waals surface area (Å²) in [6.07, 6.45) is 6.78. The van der Waals surface area contributed by atoms with Crippen molar-refractivity contribution in [3.8, 4) is 55.9 Å². The molecule has 3 nitrogen and oxygen atoms in total. The number of hydrogen-bond acceptors (Lipinski definition) is 1. The Balaban J connectivity index is 0.920. The summed E-state index contributed by atoms with van der Waals surface area (Å²) in [5, 5.41) is 3.65. The summed E-state index contributed by atoms with van der Waals surface area (Å²) in [6.45, 7) is 2.14. The summed E-state index contributed by atoms with van der Waals surface area (Å²) in [5.74, 6) is 0. The molecule has 0 unspecified atom stereocenters. The monoisotopic (exact) mass is 971 g/mol. The van der Waals surface area contributed by atoms with Gasteiger partial charge in [0.15, 0.2) is 0 Å². The van der Waals surface area contributed by atoms with Gasteiger partial charge in [0.1, 0.15) is 0 Å². The summed E-state index contributed by atoms with van der Waals surface area (Å²) in [7, 11) is 0. The Morgan fingerprint density at radius 1 is 0.329 bits per heavy atom. The minimum atomic E-state index is 1.08. The van der Waals surface area contributed by atoms with Crippen molar-refractivity contribution in [2.24, 2.45) is 0 Å². The fraction of sp³-hybridized carbons (Fsp3) is 0.0137. The normalized spacial score (nSPS) is 11.8. The van der Waals surface area contributed by atoms with Crippen LogP contribution < -0.4 is 4.90 Å². The van der Waals surface area contributed by atoms with Gasteiger partial charge in [-0.3, -0.25) is 0 Å². The highest BCUT2D eigenvalue weighted by Gasteiger charge is 2.17. The van der Waals surface area contributed by atoms with Crippen LogP contribution in [0.4, 0.5) is 17.1 Å². The zero-order chi connectivity index (χ0) is 50.8. The van der Waals surface area contributed by atoms with Crippen molar-refractivity contribution in [3.63, 3.8) is 0 Å². The molecule has 0 N–H and O–H groups in total. The Morgan fingerprint density at radius 3 is 1.42 bits per heavy atom. The molecule has 11 aromatic carbocycles. The quantitative estimate of drug-likeness (QED) is 0.111. The van der Waals surface area contributed by atoms with E-state index in [4.69, 9.17) is 0 Å². The van der Waals surface area contributed by atoms with Crippen molar-refractivity contribution < 1.29 is 0 Å². The number of aromatic nitrogens is 2. The first-order valence-corrected chi connectivity index (χ1v) is 26.1. The predicted octanol–water partition coefficient (Wildman–Crippen LogP) is 20.0. The molecule has 2 aromatic heterocycles. The molecule has 0 bridgehead atoms. The highest BCUT2D eigenvalue weighted by atomic mass is 15.1. The van der Waals surface area contributed by atoms with Gasteiger partial charge in [-0.2, -0.15) is 0 Å². The topological polar surface area (TPSA) is 13.1 Å². The van der Waals surface area contributed by atoms with Crippen LogP contribution in [0.3, 0.4) is 0 Å². The van der Waals surface area contributed by atoms with Crippen molar-refractivity contribution in [1.29, 1.82) is 0 Å². The second-order valence-electron chi connectivity index (χ2n) is 19.3. The lowest BCUT2D eigenvalue weighted by Gasteiger charge is -2.26. The van der Waals surface area contributed by atoms with Crippen molar-refractivity contribution in [2.45, 2.75) is 6.92 Å². The highest BCUT2D eigenvalue weighted by molar-refractivity contribution is 6.10. The first-order chi connectivity index (χ1) is 37.6. The molecule has 0 saturated carbocycles. The van der Waals surface area contributed by atoms with E-state index in [9.17, 15) is 0 Å². The smallest absolute Gasteiger partial charge is 0.0541 e. The Morgan fingerprint density at radius 2 is 0.789 bits per heavy atom. The number of nitrogens with zero attached hydrogens (tertiary/aromatic N) is 3. The Hall–Kier alpha value is -9.96. The molecule has 360 valence electrons. The van der Waals surface area contributed by atoms with E-state index in [-0.39, 0.29) is 0 Å². The molecule has 13 aromatic rings. The minimum Gasteiger partial charge on any atom is -0.311 e. The van der Waals surface area contributed by atoms with Crippen molar-refractivity contribution in [2.75, 3.05) is 4.90 Å². The van der Waals surface area contributed by atoms with Crippen molar-refractivity contribution >= 4 is 61.4 Å². The largest absolute Gasteiger partial charge is 0.311 e. The van der Waals surface area contributed by atoms with Crippen LogP contribution in [0, 0.1) is 0 Å². The van der Waals surface area contributed by atoms with Crippen molar-refractivity contribution in [3.05, 3.63) is 309 Å². The van der Waals surface area contributed by atoms with Gasteiger partial charge < -0.3 is 14.0 Å². The molecule has 0 aliphatic rings. The molecule has 0 amide bonds. The maximum atomic E-state index is 2.40. The lowest BCUT2D eigenvalue weighted by atomic mass is 9.92. The second-order valence-corrected chi connectivity index (χ2v) is 19.3. The average molecular weight is 972 g/mol. The molecular weight excluding hydrogens is 919 g/mol. The molecule has 2 heterocycles. The Labute approximate surface area is 444 Å². The maximum Gasteiger partial charge on any atom is 0.0541 e. The van der Waals surface area contributed by atoms with E-state index in [1.54, 1.807) is 0 Å². The summed E-state index contributed by atoms with van der Waals surface area (Å²) in [5.41, 5.74) is 21.9. The van der Waals surface area contributed by atoms with Crippen LogP contribution in [0.15, 0.2) is 297 Å².